The van der Waals surface area contributed by atoms with Crippen molar-refractivity contribution in [2.45, 2.75) is 17.6 Å². The molecule has 0 saturated heterocycles. The number of hydrogen-bond donors (Lipinski definition) is 0. The molecule has 1 aromatic rings. The Morgan fingerprint density at radius 2 is 1.82 bits per heavy atom. The van der Waals surface area contributed by atoms with Gasteiger partial charge in [0.25, 0.3) is 0 Å². The van der Waals surface area contributed by atoms with Gasteiger partial charge >= 0.3 is 0 Å². The SMILES string of the molecule is Cc1ccc(C(Br)Br)c(C)c1. The summed E-state index contributed by atoms with van der Waals surface area (Å²) in [4.78, 5) is 0. The van der Waals surface area contributed by atoms with E-state index in [4.69, 9.17) is 0 Å². The molecule has 11 heavy (non-hydrogen) atoms. The van der Waals surface area contributed by atoms with Crippen LogP contribution in [-0.4, -0.2) is 0 Å². The average molecular weight is 278 g/mol. The summed E-state index contributed by atoms with van der Waals surface area (Å²) in [6.07, 6.45) is 0. The van der Waals surface area contributed by atoms with Crippen LogP contribution in [0.5, 0.6) is 0 Å². The molecule has 60 valence electrons. The molecule has 0 aliphatic carbocycles. The van der Waals surface area contributed by atoms with Crippen LogP contribution in [0.15, 0.2) is 18.2 Å². The van der Waals surface area contributed by atoms with Crippen molar-refractivity contribution in [2.24, 2.45) is 0 Å². The van der Waals surface area contributed by atoms with E-state index in [9.17, 15) is 0 Å². The summed E-state index contributed by atoms with van der Waals surface area (Å²) in [5, 5.41) is 0. The third kappa shape index (κ3) is 2.31. The molecule has 0 spiro atoms. The Morgan fingerprint density at radius 1 is 1.18 bits per heavy atom. The van der Waals surface area contributed by atoms with Gasteiger partial charge in [-0.15, -0.1) is 0 Å². The minimum absolute atomic E-state index is 0.274. The summed E-state index contributed by atoms with van der Waals surface area (Å²) in [6.45, 7) is 4.23. The lowest BCUT2D eigenvalue weighted by Gasteiger charge is -2.06. The van der Waals surface area contributed by atoms with Crippen molar-refractivity contribution in [1.82, 2.24) is 0 Å². The summed E-state index contributed by atoms with van der Waals surface area (Å²) in [7, 11) is 0. The number of rotatable bonds is 1. The fourth-order valence-corrected chi connectivity index (χ4v) is 2.10. The molecule has 1 rings (SSSR count). The van der Waals surface area contributed by atoms with Gasteiger partial charge in [0.1, 0.15) is 0 Å². The molecule has 2 heteroatoms. The Kier molecular flexibility index (Phi) is 3.14. The molecule has 0 nitrogen and oxygen atoms in total. The van der Waals surface area contributed by atoms with Crippen LogP contribution < -0.4 is 0 Å². The zero-order chi connectivity index (χ0) is 8.43. The molecule has 0 unspecified atom stereocenters. The Balaban J connectivity index is 3.09. The first kappa shape index (κ1) is 9.27. The molecule has 0 N–H and O–H groups in total. The first-order valence-corrected chi connectivity index (χ1v) is 5.29. The maximum Gasteiger partial charge on any atom is 0.0949 e. The molecule has 0 fully saturated rings. The van der Waals surface area contributed by atoms with Crippen LogP contribution in [-0.2, 0) is 0 Å². The van der Waals surface area contributed by atoms with Gasteiger partial charge in [-0.3, -0.25) is 0 Å². The van der Waals surface area contributed by atoms with Gasteiger partial charge < -0.3 is 0 Å². The topological polar surface area (TPSA) is 0 Å². The van der Waals surface area contributed by atoms with Crippen LogP contribution in [0.2, 0.25) is 0 Å². The average Bonchev–Trinajstić information content (AvgIpc) is 1.85. The molecule has 0 aromatic heterocycles. The van der Waals surface area contributed by atoms with E-state index in [1.165, 1.54) is 16.7 Å². The third-order valence-electron chi connectivity index (χ3n) is 1.66. The van der Waals surface area contributed by atoms with Crippen LogP contribution in [0, 0.1) is 13.8 Å². The molecule has 0 atom stereocenters. The third-order valence-corrected chi connectivity index (χ3v) is 2.65. The molecule has 0 heterocycles. The highest BCUT2D eigenvalue weighted by molar-refractivity contribution is 9.24. The van der Waals surface area contributed by atoms with E-state index in [2.05, 4.69) is 63.9 Å². The molecule has 0 bridgehead atoms. The number of benzene rings is 1. The largest absolute Gasteiger partial charge is 0.0949 e. The van der Waals surface area contributed by atoms with Crippen molar-refractivity contribution in [3.8, 4) is 0 Å². The van der Waals surface area contributed by atoms with Crippen LogP contribution in [0.3, 0.4) is 0 Å². The minimum Gasteiger partial charge on any atom is -0.0712 e. The Hall–Kier alpha value is 0.180. The summed E-state index contributed by atoms with van der Waals surface area (Å²) < 4.78 is 0.274. The minimum atomic E-state index is 0.274. The zero-order valence-electron chi connectivity index (χ0n) is 6.57. The van der Waals surface area contributed by atoms with Gasteiger partial charge in [-0.2, -0.15) is 0 Å². The van der Waals surface area contributed by atoms with Crippen LogP contribution >= 0.6 is 31.9 Å². The van der Waals surface area contributed by atoms with Gasteiger partial charge in [-0.1, -0.05) is 55.6 Å². The van der Waals surface area contributed by atoms with Crippen LogP contribution in [0.1, 0.15) is 20.4 Å². The molecule has 0 aliphatic rings. The van der Waals surface area contributed by atoms with Crippen molar-refractivity contribution in [3.63, 3.8) is 0 Å². The van der Waals surface area contributed by atoms with Crippen molar-refractivity contribution in [3.05, 3.63) is 34.9 Å². The Bertz CT molecular complexity index is 254. The highest BCUT2D eigenvalue weighted by atomic mass is 79.9. The first-order valence-electron chi connectivity index (χ1n) is 3.46. The molecule has 0 saturated carbocycles. The second-order valence-electron chi connectivity index (χ2n) is 2.66. The van der Waals surface area contributed by atoms with Gasteiger partial charge in [-0.05, 0) is 25.0 Å². The highest BCUT2D eigenvalue weighted by Crippen LogP contribution is 2.31. The van der Waals surface area contributed by atoms with E-state index < -0.39 is 0 Å². The van der Waals surface area contributed by atoms with Gasteiger partial charge in [0.2, 0.25) is 0 Å². The van der Waals surface area contributed by atoms with E-state index in [0.29, 0.717) is 0 Å². The van der Waals surface area contributed by atoms with E-state index >= 15 is 0 Å². The fourth-order valence-electron chi connectivity index (χ4n) is 1.07. The number of halogens is 2. The maximum atomic E-state index is 3.47. The number of hydrogen-bond acceptors (Lipinski definition) is 0. The lowest BCUT2D eigenvalue weighted by atomic mass is 10.1. The second kappa shape index (κ2) is 3.72. The zero-order valence-corrected chi connectivity index (χ0v) is 9.74. The quantitative estimate of drug-likeness (QED) is 0.679. The molecule has 0 amide bonds. The predicted octanol–water partition coefficient (Wildman–Crippen LogP) is 4.09. The molecular formula is C9H10Br2. The van der Waals surface area contributed by atoms with Gasteiger partial charge in [0, 0.05) is 0 Å². The summed E-state index contributed by atoms with van der Waals surface area (Å²) in [5.41, 5.74) is 3.94. The molecule has 0 aliphatic heterocycles. The Labute approximate surface area is 84.3 Å². The standard InChI is InChI=1S/C9H10Br2/c1-6-3-4-8(9(10)11)7(2)5-6/h3-5,9H,1-2H3. The first-order chi connectivity index (χ1) is 5.11. The summed E-state index contributed by atoms with van der Waals surface area (Å²) >= 11 is 6.95. The van der Waals surface area contributed by atoms with Gasteiger partial charge in [0.15, 0.2) is 0 Å². The number of aryl methyl sites for hydroxylation is 2. The van der Waals surface area contributed by atoms with Crippen molar-refractivity contribution < 1.29 is 0 Å². The smallest absolute Gasteiger partial charge is 0.0712 e. The van der Waals surface area contributed by atoms with Crippen LogP contribution in [0.25, 0.3) is 0 Å². The van der Waals surface area contributed by atoms with Crippen molar-refractivity contribution >= 4 is 31.9 Å². The normalized spacial score (nSPS) is 10.6. The molecule has 0 radical (unpaired) electrons. The van der Waals surface area contributed by atoms with Crippen molar-refractivity contribution in [1.29, 1.82) is 0 Å². The lowest BCUT2D eigenvalue weighted by Crippen LogP contribution is -1.86. The van der Waals surface area contributed by atoms with E-state index in [-0.39, 0.29) is 3.74 Å². The van der Waals surface area contributed by atoms with Gasteiger partial charge in [-0.25, -0.2) is 0 Å². The fraction of sp³-hybridized carbons (Fsp3) is 0.333. The highest BCUT2D eigenvalue weighted by Gasteiger charge is 2.04. The Morgan fingerprint density at radius 3 is 2.27 bits per heavy atom. The lowest BCUT2D eigenvalue weighted by molar-refractivity contribution is 1.28. The molecule has 1 aromatic carbocycles. The maximum absolute atomic E-state index is 3.47. The van der Waals surface area contributed by atoms with E-state index in [1.54, 1.807) is 0 Å². The van der Waals surface area contributed by atoms with Crippen LogP contribution in [0.4, 0.5) is 0 Å². The van der Waals surface area contributed by atoms with Crippen molar-refractivity contribution in [2.75, 3.05) is 0 Å². The molecular weight excluding hydrogens is 268 g/mol. The van der Waals surface area contributed by atoms with E-state index in [0.717, 1.165) is 0 Å². The van der Waals surface area contributed by atoms with Gasteiger partial charge in [0.05, 0.1) is 3.74 Å². The predicted molar refractivity (Wildman–Crippen MR) is 56.5 cm³/mol. The van der Waals surface area contributed by atoms with E-state index in [1.807, 2.05) is 0 Å². The summed E-state index contributed by atoms with van der Waals surface area (Å²) in [5.74, 6) is 0. The second-order valence-corrected chi connectivity index (χ2v) is 5.72. The number of alkyl halides is 2. The summed E-state index contributed by atoms with van der Waals surface area (Å²) in [6, 6.07) is 6.45. The monoisotopic (exact) mass is 276 g/mol.